The van der Waals surface area contributed by atoms with Crippen molar-refractivity contribution in [2.75, 3.05) is 12.8 Å². The van der Waals surface area contributed by atoms with E-state index in [0.29, 0.717) is 11.4 Å². The standard InChI is InChI=1S/C11H18N2O/c1-4-11(2,13)8-5-6-10(14-3)9(12)7-8/h5-7H,4,12-13H2,1-3H3. The predicted octanol–water partition coefficient (Wildman–Crippen LogP) is 1.86. The molecule has 1 aromatic carbocycles. The first-order chi connectivity index (χ1) is 6.51. The smallest absolute Gasteiger partial charge is 0.141 e. The summed E-state index contributed by atoms with van der Waals surface area (Å²) in [6.45, 7) is 4.05. The lowest BCUT2D eigenvalue weighted by atomic mass is 9.90. The van der Waals surface area contributed by atoms with Gasteiger partial charge in [-0.15, -0.1) is 0 Å². The fraction of sp³-hybridized carbons (Fsp3) is 0.455. The van der Waals surface area contributed by atoms with Crippen LogP contribution in [0.5, 0.6) is 5.75 Å². The van der Waals surface area contributed by atoms with E-state index >= 15 is 0 Å². The number of nitrogens with two attached hydrogens (primary N) is 2. The van der Waals surface area contributed by atoms with E-state index in [-0.39, 0.29) is 5.54 Å². The fourth-order valence-corrected chi connectivity index (χ4v) is 1.29. The van der Waals surface area contributed by atoms with Gasteiger partial charge in [0.25, 0.3) is 0 Å². The molecule has 3 heteroatoms. The minimum atomic E-state index is -0.319. The Hall–Kier alpha value is -1.22. The van der Waals surface area contributed by atoms with Crippen LogP contribution in [-0.4, -0.2) is 7.11 Å². The van der Waals surface area contributed by atoms with Gasteiger partial charge in [0.2, 0.25) is 0 Å². The van der Waals surface area contributed by atoms with Crippen LogP contribution in [0.25, 0.3) is 0 Å². The topological polar surface area (TPSA) is 61.3 Å². The molecule has 0 radical (unpaired) electrons. The second-order valence-corrected chi connectivity index (χ2v) is 3.73. The maximum absolute atomic E-state index is 6.10. The van der Waals surface area contributed by atoms with Crippen LogP contribution in [0.15, 0.2) is 18.2 Å². The zero-order valence-electron chi connectivity index (χ0n) is 9.00. The van der Waals surface area contributed by atoms with E-state index < -0.39 is 0 Å². The quantitative estimate of drug-likeness (QED) is 0.722. The lowest BCUT2D eigenvalue weighted by Gasteiger charge is -2.24. The molecular formula is C11H18N2O. The molecule has 1 atom stereocenters. The van der Waals surface area contributed by atoms with Crippen LogP contribution in [0.3, 0.4) is 0 Å². The molecule has 0 fully saturated rings. The average Bonchev–Trinajstić information content (AvgIpc) is 2.17. The first-order valence-corrected chi connectivity index (χ1v) is 4.74. The molecule has 4 N–H and O–H groups in total. The molecule has 0 spiro atoms. The lowest BCUT2D eigenvalue weighted by Crippen LogP contribution is -2.31. The van der Waals surface area contributed by atoms with Gasteiger partial charge in [0.05, 0.1) is 12.8 Å². The van der Waals surface area contributed by atoms with Crippen LogP contribution in [-0.2, 0) is 5.54 Å². The van der Waals surface area contributed by atoms with E-state index in [2.05, 4.69) is 6.92 Å². The third kappa shape index (κ3) is 1.99. The van der Waals surface area contributed by atoms with Gasteiger partial charge in [0.15, 0.2) is 0 Å². The number of ether oxygens (including phenoxy) is 1. The first-order valence-electron chi connectivity index (χ1n) is 4.74. The largest absolute Gasteiger partial charge is 0.495 e. The Labute approximate surface area is 85.0 Å². The van der Waals surface area contributed by atoms with Gasteiger partial charge in [-0.2, -0.15) is 0 Å². The van der Waals surface area contributed by atoms with Crippen molar-refractivity contribution in [2.24, 2.45) is 5.73 Å². The minimum absolute atomic E-state index is 0.319. The summed E-state index contributed by atoms with van der Waals surface area (Å²) in [4.78, 5) is 0. The molecule has 78 valence electrons. The highest BCUT2D eigenvalue weighted by Gasteiger charge is 2.19. The molecule has 14 heavy (non-hydrogen) atoms. The van der Waals surface area contributed by atoms with Crippen LogP contribution in [0, 0.1) is 0 Å². The number of nitrogen functional groups attached to an aromatic ring is 1. The van der Waals surface area contributed by atoms with Crippen molar-refractivity contribution in [3.8, 4) is 5.75 Å². The molecular weight excluding hydrogens is 176 g/mol. The molecule has 0 aromatic heterocycles. The number of hydrogen-bond donors (Lipinski definition) is 2. The molecule has 0 bridgehead atoms. The summed E-state index contributed by atoms with van der Waals surface area (Å²) in [6.07, 6.45) is 0.874. The molecule has 0 heterocycles. The lowest BCUT2D eigenvalue weighted by molar-refractivity contribution is 0.415. The Morgan fingerprint density at radius 2 is 2.07 bits per heavy atom. The maximum atomic E-state index is 6.10. The summed E-state index contributed by atoms with van der Waals surface area (Å²) in [7, 11) is 1.60. The summed E-state index contributed by atoms with van der Waals surface area (Å²) in [6, 6.07) is 5.69. The second kappa shape index (κ2) is 3.88. The van der Waals surface area contributed by atoms with E-state index in [9.17, 15) is 0 Å². The number of hydrogen-bond acceptors (Lipinski definition) is 3. The van der Waals surface area contributed by atoms with Crippen LogP contribution in [0.2, 0.25) is 0 Å². The molecule has 1 rings (SSSR count). The van der Waals surface area contributed by atoms with Gasteiger partial charge in [-0.05, 0) is 31.0 Å². The Bertz CT molecular complexity index is 321. The summed E-state index contributed by atoms with van der Waals surface area (Å²) in [5.74, 6) is 0.695. The molecule has 0 saturated carbocycles. The molecule has 0 aliphatic heterocycles. The Balaban J connectivity index is 3.08. The highest BCUT2D eigenvalue weighted by Crippen LogP contribution is 2.28. The Morgan fingerprint density at radius 1 is 1.43 bits per heavy atom. The number of methoxy groups -OCH3 is 1. The highest BCUT2D eigenvalue weighted by atomic mass is 16.5. The van der Waals surface area contributed by atoms with Crippen molar-refractivity contribution in [3.05, 3.63) is 23.8 Å². The molecule has 0 amide bonds. The monoisotopic (exact) mass is 194 g/mol. The highest BCUT2D eigenvalue weighted by molar-refractivity contribution is 5.55. The van der Waals surface area contributed by atoms with Gasteiger partial charge >= 0.3 is 0 Å². The van der Waals surface area contributed by atoms with Crippen molar-refractivity contribution in [1.29, 1.82) is 0 Å². The van der Waals surface area contributed by atoms with E-state index in [1.54, 1.807) is 7.11 Å². The number of rotatable bonds is 3. The van der Waals surface area contributed by atoms with Gasteiger partial charge in [-0.3, -0.25) is 0 Å². The predicted molar refractivity (Wildman–Crippen MR) is 59.2 cm³/mol. The number of benzene rings is 1. The summed E-state index contributed by atoms with van der Waals surface area (Å²) < 4.78 is 5.08. The van der Waals surface area contributed by atoms with E-state index in [4.69, 9.17) is 16.2 Å². The summed E-state index contributed by atoms with van der Waals surface area (Å²) in [5.41, 5.74) is 13.3. The van der Waals surface area contributed by atoms with Gasteiger partial charge in [0.1, 0.15) is 5.75 Å². The van der Waals surface area contributed by atoms with E-state index in [1.165, 1.54) is 0 Å². The van der Waals surface area contributed by atoms with E-state index in [0.717, 1.165) is 12.0 Å². The van der Waals surface area contributed by atoms with Gasteiger partial charge < -0.3 is 16.2 Å². The third-order valence-corrected chi connectivity index (χ3v) is 2.62. The van der Waals surface area contributed by atoms with Crippen LogP contribution in [0.1, 0.15) is 25.8 Å². The SMILES string of the molecule is CCC(C)(N)c1ccc(OC)c(N)c1. The summed E-state index contributed by atoms with van der Waals surface area (Å²) in [5, 5.41) is 0. The van der Waals surface area contributed by atoms with Gasteiger partial charge in [-0.25, -0.2) is 0 Å². The van der Waals surface area contributed by atoms with Crippen LogP contribution >= 0.6 is 0 Å². The van der Waals surface area contributed by atoms with Gasteiger partial charge in [0, 0.05) is 5.54 Å². The zero-order chi connectivity index (χ0) is 10.8. The summed E-state index contributed by atoms with van der Waals surface area (Å²) >= 11 is 0. The van der Waals surface area contributed by atoms with Crippen LogP contribution < -0.4 is 16.2 Å². The first kappa shape index (κ1) is 10.9. The molecule has 1 unspecified atom stereocenters. The molecule has 0 aliphatic rings. The van der Waals surface area contributed by atoms with Crippen molar-refractivity contribution >= 4 is 5.69 Å². The molecule has 3 nitrogen and oxygen atoms in total. The normalized spacial score (nSPS) is 14.9. The van der Waals surface area contributed by atoms with Crippen molar-refractivity contribution in [1.82, 2.24) is 0 Å². The minimum Gasteiger partial charge on any atom is -0.495 e. The Morgan fingerprint density at radius 3 is 2.50 bits per heavy atom. The Kier molecular flexibility index (Phi) is 3.01. The fourth-order valence-electron chi connectivity index (χ4n) is 1.29. The molecule has 0 aliphatic carbocycles. The van der Waals surface area contributed by atoms with Crippen molar-refractivity contribution in [2.45, 2.75) is 25.8 Å². The average molecular weight is 194 g/mol. The maximum Gasteiger partial charge on any atom is 0.141 e. The molecule has 0 saturated heterocycles. The number of anilines is 1. The zero-order valence-corrected chi connectivity index (χ0v) is 9.00. The van der Waals surface area contributed by atoms with Crippen molar-refractivity contribution in [3.63, 3.8) is 0 Å². The third-order valence-electron chi connectivity index (χ3n) is 2.62. The molecule has 1 aromatic rings. The van der Waals surface area contributed by atoms with Crippen LogP contribution in [0.4, 0.5) is 5.69 Å². The van der Waals surface area contributed by atoms with E-state index in [1.807, 2.05) is 25.1 Å². The van der Waals surface area contributed by atoms with Crippen molar-refractivity contribution < 1.29 is 4.74 Å². The second-order valence-electron chi connectivity index (χ2n) is 3.73. The van der Waals surface area contributed by atoms with Gasteiger partial charge in [-0.1, -0.05) is 13.0 Å².